The summed E-state index contributed by atoms with van der Waals surface area (Å²) >= 11 is 0. The summed E-state index contributed by atoms with van der Waals surface area (Å²) in [6.07, 6.45) is 6.19. The quantitative estimate of drug-likeness (QED) is 0.530. The number of nitrogens with zero attached hydrogens (tertiary/aromatic N) is 2. The highest BCUT2D eigenvalue weighted by atomic mass is 16.5. The minimum Gasteiger partial charge on any atom is -0.380 e. The van der Waals surface area contributed by atoms with Crippen molar-refractivity contribution in [1.29, 1.82) is 0 Å². The van der Waals surface area contributed by atoms with Crippen molar-refractivity contribution in [2.75, 3.05) is 25.1 Å². The Bertz CT molecular complexity index is 333. The van der Waals surface area contributed by atoms with Crippen molar-refractivity contribution in [1.82, 2.24) is 9.55 Å². The van der Waals surface area contributed by atoms with Crippen molar-refractivity contribution in [3.8, 4) is 0 Å². The van der Waals surface area contributed by atoms with E-state index in [1.54, 1.807) is 0 Å². The Morgan fingerprint density at radius 2 is 2.35 bits per heavy atom. The van der Waals surface area contributed by atoms with Gasteiger partial charge in [0, 0.05) is 25.9 Å². The summed E-state index contributed by atoms with van der Waals surface area (Å²) in [6, 6.07) is 0. The van der Waals surface area contributed by atoms with Crippen LogP contribution in [0.5, 0.6) is 0 Å². The Morgan fingerprint density at radius 1 is 1.53 bits per heavy atom. The maximum Gasteiger partial charge on any atom is 0.203 e. The molecule has 1 aromatic rings. The summed E-state index contributed by atoms with van der Waals surface area (Å²) in [7, 11) is 0. The van der Waals surface area contributed by atoms with Gasteiger partial charge in [-0.25, -0.2) is 4.98 Å². The summed E-state index contributed by atoms with van der Waals surface area (Å²) in [6.45, 7) is 11.0. The highest BCUT2D eigenvalue weighted by Gasteiger charge is 2.02. The highest BCUT2D eigenvalue weighted by molar-refractivity contribution is 5.28. The van der Waals surface area contributed by atoms with Gasteiger partial charge < -0.3 is 14.6 Å². The Labute approximate surface area is 104 Å². The van der Waals surface area contributed by atoms with Gasteiger partial charge >= 0.3 is 0 Å². The SMILES string of the molecule is C=CCn1cc(C)nc1NCCOCCCC. The van der Waals surface area contributed by atoms with Gasteiger partial charge in [-0.2, -0.15) is 0 Å². The Kier molecular flexibility index (Phi) is 6.40. The van der Waals surface area contributed by atoms with Crippen LogP contribution in [-0.2, 0) is 11.3 Å². The molecular formula is C13H23N3O. The smallest absolute Gasteiger partial charge is 0.203 e. The molecule has 1 N–H and O–H groups in total. The normalized spacial score (nSPS) is 10.5. The zero-order valence-electron chi connectivity index (χ0n) is 10.9. The number of allylic oxidation sites excluding steroid dienone is 1. The van der Waals surface area contributed by atoms with Crippen LogP contribution in [0.2, 0.25) is 0 Å². The Hall–Kier alpha value is -1.29. The van der Waals surface area contributed by atoms with Gasteiger partial charge in [-0.15, -0.1) is 6.58 Å². The minimum absolute atomic E-state index is 0.722. The highest BCUT2D eigenvalue weighted by Crippen LogP contribution is 2.07. The Balaban J connectivity index is 2.28. The van der Waals surface area contributed by atoms with Crippen molar-refractivity contribution in [3.63, 3.8) is 0 Å². The second kappa shape index (κ2) is 7.90. The van der Waals surface area contributed by atoms with Crippen LogP contribution in [0.1, 0.15) is 25.5 Å². The van der Waals surface area contributed by atoms with E-state index in [1.807, 2.05) is 23.8 Å². The molecule has 0 aliphatic rings. The first-order valence-corrected chi connectivity index (χ1v) is 6.24. The molecule has 0 spiro atoms. The number of unbranched alkanes of at least 4 members (excludes halogenated alkanes) is 1. The number of rotatable bonds is 9. The number of anilines is 1. The third-order valence-corrected chi connectivity index (χ3v) is 2.39. The molecule has 0 aromatic carbocycles. The standard InChI is InChI=1S/C13H23N3O/c1-4-6-9-17-10-7-14-13-15-12(3)11-16(13)8-5-2/h5,11H,2,4,6-10H2,1,3H3,(H,14,15). The lowest BCUT2D eigenvalue weighted by Gasteiger charge is -2.08. The molecule has 0 saturated heterocycles. The van der Waals surface area contributed by atoms with Crippen molar-refractivity contribution in [2.24, 2.45) is 0 Å². The second-order valence-electron chi connectivity index (χ2n) is 4.04. The fraction of sp³-hybridized carbons (Fsp3) is 0.615. The third kappa shape index (κ3) is 5.04. The van der Waals surface area contributed by atoms with E-state index in [4.69, 9.17) is 4.74 Å². The van der Waals surface area contributed by atoms with E-state index in [0.29, 0.717) is 0 Å². The first-order valence-electron chi connectivity index (χ1n) is 6.24. The molecule has 17 heavy (non-hydrogen) atoms. The molecule has 0 radical (unpaired) electrons. The first kappa shape index (κ1) is 13.8. The van der Waals surface area contributed by atoms with Gasteiger partial charge in [0.25, 0.3) is 0 Å². The monoisotopic (exact) mass is 237 g/mol. The van der Waals surface area contributed by atoms with Crippen LogP contribution in [-0.4, -0.2) is 29.3 Å². The number of aromatic nitrogens is 2. The summed E-state index contributed by atoms with van der Waals surface area (Å²) < 4.78 is 7.53. The number of hydrogen-bond acceptors (Lipinski definition) is 3. The number of nitrogens with one attached hydrogen (secondary N) is 1. The molecule has 4 nitrogen and oxygen atoms in total. The van der Waals surface area contributed by atoms with Crippen LogP contribution in [0.25, 0.3) is 0 Å². The van der Waals surface area contributed by atoms with E-state index in [1.165, 1.54) is 6.42 Å². The molecule has 96 valence electrons. The van der Waals surface area contributed by atoms with Crippen LogP contribution in [0.15, 0.2) is 18.9 Å². The van der Waals surface area contributed by atoms with Crippen molar-refractivity contribution >= 4 is 5.95 Å². The molecule has 1 aromatic heterocycles. The van der Waals surface area contributed by atoms with Crippen molar-refractivity contribution < 1.29 is 4.74 Å². The lowest BCUT2D eigenvalue weighted by atomic mass is 10.4. The average molecular weight is 237 g/mol. The van der Waals surface area contributed by atoms with Gasteiger partial charge in [0.05, 0.1) is 12.3 Å². The molecule has 0 unspecified atom stereocenters. The number of aryl methyl sites for hydroxylation is 1. The predicted molar refractivity (Wildman–Crippen MR) is 71.4 cm³/mol. The predicted octanol–water partition coefficient (Wildman–Crippen LogP) is 2.61. The lowest BCUT2D eigenvalue weighted by Crippen LogP contribution is -2.13. The number of ether oxygens (including phenoxy) is 1. The van der Waals surface area contributed by atoms with Gasteiger partial charge in [-0.05, 0) is 13.3 Å². The fourth-order valence-electron chi connectivity index (χ4n) is 1.55. The zero-order chi connectivity index (χ0) is 12.5. The number of imidazole rings is 1. The van der Waals surface area contributed by atoms with Gasteiger partial charge in [-0.3, -0.25) is 0 Å². The molecule has 4 heteroatoms. The van der Waals surface area contributed by atoms with Crippen LogP contribution >= 0.6 is 0 Å². The van der Waals surface area contributed by atoms with Gasteiger partial charge in [0.15, 0.2) is 0 Å². The van der Waals surface area contributed by atoms with E-state index in [0.717, 1.165) is 44.4 Å². The molecule has 1 heterocycles. The van der Waals surface area contributed by atoms with E-state index >= 15 is 0 Å². The molecule has 0 amide bonds. The van der Waals surface area contributed by atoms with E-state index in [2.05, 4.69) is 23.8 Å². The fourth-order valence-corrected chi connectivity index (χ4v) is 1.55. The second-order valence-corrected chi connectivity index (χ2v) is 4.04. The summed E-state index contributed by atoms with van der Waals surface area (Å²) in [5, 5.41) is 3.27. The maximum absolute atomic E-state index is 5.48. The van der Waals surface area contributed by atoms with Crippen LogP contribution in [0.3, 0.4) is 0 Å². The molecule has 1 rings (SSSR count). The van der Waals surface area contributed by atoms with E-state index < -0.39 is 0 Å². The molecular weight excluding hydrogens is 214 g/mol. The molecule has 0 aliphatic carbocycles. The largest absolute Gasteiger partial charge is 0.380 e. The average Bonchev–Trinajstić information content (AvgIpc) is 2.65. The van der Waals surface area contributed by atoms with Crippen molar-refractivity contribution in [2.45, 2.75) is 33.2 Å². The first-order chi connectivity index (χ1) is 8.27. The molecule has 0 fully saturated rings. The van der Waals surface area contributed by atoms with Crippen LogP contribution in [0.4, 0.5) is 5.95 Å². The summed E-state index contributed by atoms with van der Waals surface area (Å²) in [5.41, 5.74) is 1.02. The van der Waals surface area contributed by atoms with Crippen LogP contribution in [0, 0.1) is 6.92 Å². The Morgan fingerprint density at radius 3 is 3.06 bits per heavy atom. The van der Waals surface area contributed by atoms with Crippen molar-refractivity contribution in [3.05, 3.63) is 24.5 Å². The minimum atomic E-state index is 0.722. The topological polar surface area (TPSA) is 39.1 Å². The third-order valence-electron chi connectivity index (χ3n) is 2.39. The van der Waals surface area contributed by atoms with E-state index in [-0.39, 0.29) is 0 Å². The summed E-state index contributed by atoms with van der Waals surface area (Å²) in [5.74, 6) is 0.890. The van der Waals surface area contributed by atoms with Gasteiger partial charge in [0.1, 0.15) is 0 Å². The van der Waals surface area contributed by atoms with Crippen LogP contribution < -0.4 is 5.32 Å². The summed E-state index contributed by atoms with van der Waals surface area (Å²) in [4.78, 5) is 4.41. The zero-order valence-corrected chi connectivity index (χ0v) is 10.9. The molecule has 0 aliphatic heterocycles. The molecule has 0 atom stereocenters. The molecule has 0 bridgehead atoms. The van der Waals surface area contributed by atoms with E-state index in [9.17, 15) is 0 Å². The van der Waals surface area contributed by atoms with Gasteiger partial charge in [-0.1, -0.05) is 19.4 Å². The molecule has 0 saturated carbocycles. The lowest BCUT2D eigenvalue weighted by molar-refractivity contribution is 0.141. The van der Waals surface area contributed by atoms with Gasteiger partial charge in [0.2, 0.25) is 5.95 Å². The number of hydrogen-bond donors (Lipinski definition) is 1. The maximum atomic E-state index is 5.48.